The molecule has 0 aromatic heterocycles. The summed E-state index contributed by atoms with van der Waals surface area (Å²) in [6.45, 7) is 6.38. The molecule has 14 heavy (non-hydrogen) atoms. The molecule has 0 saturated carbocycles. The summed E-state index contributed by atoms with van der Waals surface area (Å²) < 4.78 is 10.8. The van der Waals surface area contributed by atoms with Crippen molar-refractivity contribution in [2.45, 2.75) is 39.4 Å². The second kappa shape index (κ2) is 5.20. The highest BCUT2D eigenvalue weighted by Gasteiger charge is 2.39. The van der Waals surface area contributed by atoms with Crippen molar-refractivity contribution in [2.75, 3.05) is 6.61 Å². The van der Waals surface area contributed by atoms with Crippen LogP contribution in [0.15, 0.2) is 0 Å². The van der Waals surface area contributed by atoms with E-state index >= 15 is 0 Å². The van der Waals surface area contributed by atoms with Crippen molar-refractivity contribution in [3.8, 4) is 0 Å². The minimum Gasteiger partial charge on any atom is -0.372 e. The van der Waals surface area contributed by atoms with Crippen molar-refractivity contribution in [2.24, 2.45) is 11.8 Å². The smallest absolute Gasteiger partial charge is 0.130 e. The van der Waals surface area contributed by atoms with Crippen LogP contribution in [-0.2, 0) is 14.1 Å². The highest BCUT2D eigenvalue weighted by Crippen LogP contribution is 2.35. The first-order valence-electron chi connectivity index (χ1n) is 5.02. The lowest BCUT2D eigenvalue weighted by atomic mass is 9.85. The molecule has 0 aromatic rings. The van der Waals surface area contributed by atoms with Crippen molar-refractivity contribution < 1.29 is 14.1 Å². The van der Waals surface area contributed by atoms with Gasteiger partial charge in [-0.15, -0.1) is 0 Å². The minimum atomic E-state index is 0.0707. The summed E-state index contributed by atoms with van der Waals surface area (Å²) in [7, 11) is 2.23. The number of hydrogen-bond donors (Lipinski definition) is 0. The fraction of sp³-hybridized carbons (Fsp3) is 0.900. The third-order valence-electron chi connectivity index (χ3n) is 3.07. The Morgan fingerprint density at radius 3 is 2.64 bits per heavy atom. The molecule has 0 spiro atoms. The molecule has 5 atom stereocenters. The van der Waals surface area contributed by atoms with Crippen LogP contribution in [0.2, 0.25) is 0 Å². The van der Waals surface area contributed by atoms with Crippen molar-refractivity contribution in [3.63, 3.8) is 0 Å². The molecule has 1 fully saturated rings. The fourth-order valence-corrected chi connectivity index (χ4v) is 2.28. The highest BCUT2D eigenvalue weighted by atomic mass is 31.0. The molecule has 0 N–H and O–H groups in total. The van der Waals surface area contributed by atoms with E-state index < -0.39 is 0 Å². The van der Waals surface area contributed by atoms with E-state index in [-0.39, 0.29) is 18.0 Å². The quantitative estimate of drug-likeness (QED) is 0.675. The average molecular weight is 218 g/mol. The number of hydrogen-bond acceptors (Lipinski definition) is 3. The predicted molar refractivity (Wildman–Crippen MR) is 57.9 cm³/mol. The van der Waals surface area contributed by atoms with E-state index in [9.17, 15) is 4.79 Å². The normalized spacial score (nSPS) is 37.4. The van der Waals surface area contributed by atoms with Gasteiger partial charge < -0.3 is 14.1 Å². The zero-order valence-corrected chi connectivity index (χ0v) is 10.2. The van der Waals surface area contributed by atoms with E-state index in [1.165, 1.54) is 0 Å². The zero-order chi connectivity index (χ0) is 10.7. The Balaban J connectivity index is 2.60. The summed E-state index contributed by atoms with van der Waals surface area (Å²) in [5.74, 6) is 0.973. The number of ether oxygens (including phenoxy) is 1. The van der Waals surface area contributed by atoms with Gasteiger partial charge >= 0.3 is 0 Å². The SMILES string of the molecule is CC(=O)C[C@@H]1[C@H](C)[C@H](C)O[C@@H]1COP. The van der Waals surface area contributed by atoms with Gasteiger partial charge in [0.15, 0.2) is 0 Å². The van der Waals surface area contributed by atoms with Crippen LogP contribution < -0.4 is 0 Å². The summed E-state index contributed by atoms with van der Waals surface area (Å²) in [5, 5.41) is 0. The Bertz CT molecular complexity index is 208. The van der Waals surface area contributed by atoms with E-state index in [1.54, 1.807) is 6.92 Å². The summed E-state index contributed by atoms with van der Waals surface area (Å²) in [6.07, 6.45) is 0.899. The van der Waals surface area contributed by atoms with Crippen molar-refractivity contribution in [1.82, 2.24) is 0 Å². The molecule has 0 bridgehead atoms. The monoisotopic (exact) mass is 218 g/mol. The molecule has 0 aromatic carbocycles. The van der Waals surface area contributed by atoms with Crippen LogP contribution in [0.4, 0.5) is 0 Å². The topological polar surface area (TPSA) is 35.5 Å². The number of ketones is 1. The Kier molecular flexibility index (Phi) is 4.49. The van der Waals surface area contributed by atoms with Crippen LogP contribution in [-0.4, -0.2) is 24.6 Å². The predicted octanol–water partition coefficient (Wildman–Crippen LogP) is 1.81. The molecular weight excluding hydrogens is 199 g/mol. The third-order valence-corrected chi connectivity index (χ3v) is 3.26. The van der Waals surface area contributed by atoms with Gasteiger partial charge in [-0.05, 0) is 25.7 Å². The summed E-state index contributed by atoms with van der Waals surface area (Å²) in [6, 6.07) is 0. The number of Topliss-reactive ketones (excluding diaryl/α,β-unsaturated/α-hetero) is 1. The Labute approximate surface area is 87.8 Å². The Hall–Kier alpha value is 0.0200. The molecule has 1 aliphatic rings. The van der Waals surface area contributed by atoms with E-state index in [2.05, 4.69) is 23.3 Å². The maximum atomic E-state index is 11.1. The summed E-state index contributed by atoms with van der Waals surface area (Å²) in [5.41, 5.74) is 0. The van der Waals surface area contributed by atoms with Crippen molar-refractivity contribution in [3.05, 3.63) is 0 Å². The van der Waals surface area contributed by atoms with Crippen LogP contribution in [0.3, 0.4) is 0 Å². The third kappa shape index (κ3) is 2.75. The van der Waals surface area contributed by atoms with Crippen LogP contribution in [0, 0.1) is 11.8 Å². The first kappa shape index (κ1) is 12.1. The van der Waals surface area contributed by atoms with Gasteiger partial charge in [0.05, 0.1) is 18.8 Å². The highest BCUT2D eigenvalue weighted by molar-refractivity contribution is 7.09. The fourth-order valence-electron chi connectivity index (χ4n) is 2.09. The Morgan fingerprint density at radius 1 is 1.50 bits per heavy atom. The van der Waals surface area contributed by atoms with Gasteiger partial charge in [0.1, 0.15) is 5.78 Å². The van der Waals surface area contributed by atoms with E-state index in [1.807, 2.05) is 0 Å². The molecule has 4 heteroatoms. The molecular formula is C10H19O3P. The van der Waals surface area contributed by atoms with Gasteiger partial charge in [0.2, 0.25) is 0 Å². The van der Waals surface area contributed by atoms with Gasteiger partial charge in [-0.1, -0.05) is 6.92 Å². The summed E-state index contributed by atoms with van der Waals surface area (Å²) >= 11 is 0. The molecule has 3 nitrogen and oxygen atoms in total. The molecule has 1 aliphatic heterocycles. The second-order valence-electron chi connectivity index (χ2n) is 4.14. The van der Waals surface area contributed by atoms with E-state index in [0.717, 1.165) is 0 Å². The molecule has 82 valence electrons. The lowest BCUT2D eigenvalue weighted by molar-refractivity contribution is -0.118. The van der Waals surface area contributed by atoms with Gasteiger partial charge in [0.25, 0.3) is 0 Å². The van der Waals surface area contributed by atoms with Gasteiger partial charge in [0, 0.05) is 15.9 Å². The van der Waals surface area contributed by atoms with Gasteiger partial charge in [-0.3, -0.25) is 0 Å². The molecule has 0 aliphatic carbocycles. The zero-order valence-electron chi connectivity index (χ0n) is 9.03. The minimum absolute atomic E-state index is 0.0707. The van der Waals surface area contributed by atoms with Crippen LogP contribution in [0.25, 0.3) is 0 Å². The van der Waals surface area contributed by atoms with E-state index in [0.29, 0.717) is 24.9 Å². The van der Waals surface area contributed by atoms with Gasteiger partial charge in [-0.2, -0.15) is 0 Å². The van der Waals surface area contributed by atoms with Gasteiger partial charge in [-0.25, -0.2) is 0 Å². The number of carbonyl (C=O) groups excluding carboxylic acids is 1. The molecule has 0 amide bonds. The lowest BCUT2D eigenvalue weighted by Crippen LogP contribution is -2.25. The maximum absolute atomic E-state index is 11.1. The van der Waals surface area contributed by atoms with Crippen LogP contribution in [0.5, 0.6) is 0 Å². The first-order valence-corrected chi connectivity index (χ1v) is 5.50. The lowest BCUT2D eigenvalue weighted by Gasteiger charge is -2.18. The Morgan fingerprint density at radius 2 is 2.14 bits per heavy atom. The molecule has 0 radical (unpaired) electrons. The first-order chi connectivity index (χ1) is 6.56. The van der Waals surface area contributed by atoms with Crippen molar-refractivity contribution in [1.29, 1.82) is 0 Å². The van der Waals surface area contributed by atoms with Crippen LogP contribution in [0.1, 0.15) is 27.2 Å². The molecule has 1 heterocycles. The van der Waals surface area contributed by atoms with E-state index in [4.69, 9.17) is 9.26 Å². The van der Waals surface area contributed by atoms with Crippen LogP contribution >= 0.6 is 9.47 Å². The maximum Gasteiger partial charge on any atom is 0.130 e. The molecule has 1 rings (SSSR count). The number of carbonyl (C=O) groups is 1. The molecule has 1 saturated heterocycles. The molecule has 1 unspecified atom stereocenters. The average Bonchev–Trinajstić information content (AvgIpc) is 2.33. The largest absolute Gasteiger partial charge is 0.372 e. The number of rotatable bonds is 4. The second-order valence-corrected chi connectivity index (χ2v) is 4.48. The van der Waals surface area contributed by atoms with Crippen molar-refractivity contribution >= 4 is 15.2 Å². The standard InChI is InChI=1S/C10H19O3P/c1-6(11)4-9-7(2)8(3)13-10(9)5-12-14/h7-10H,4-5,14H2,1-3H3/t7-,8+,9-,10-/m1/s1. The summed E-state index contributed by atoms with van der Waals surface area (Å²) in [4.78, 5) is 11.1.